The number of fused-ring (bicyclic) bond motifs is 1. The molecule has 102 valence electrons. The van der Waals surface area contributed by atoms with Crippen LogP contribution in [0.3, 0.4) is 0 Å². The molecule has 1 aromatic heterocycles. The third kappa shape index (κ3) is 2.26. The summed E-state index contributed by atoms with van der Waals surface area (Å²) in [5.41, 5.74) is 3.00. The molecule has 1 heterocycles. The molecule has 0 aliphatic heterocycles. The third-order valence-corrected chi connectivity index (χ3v) is 3.34. The molecule has 0 aliphatic carbocycles. The number of aromatic nitrogens is 2. The average Bonchev–Trinajstić information content (AvgIpc) is 2.78. The predicted octanol–water partition coefficient (Wildman–Crippen LogP) is 3.17. The average molecular weight is 268 g/mol. The molecule has 0 amide bonds. The van der Waals surface area contributed by atoms with Crippen LogP contribution in [0.4, 0.5) is 0 Å². The minimum Gasteiger partial charge on any atom is -0.457 e. The molecule has 4 nitrogen and oxygen atoms in total. The van der Waals surface area contributed by atoms with E-state index in [2.05, 4.69) is 4.98 Å². The first-order chi connectivity index (χ1) is 9.67. The number of benzene rings is 2. The Hall–Kier alpha value is -2.33. The number of aliphatic hydroxyl groups excluding tert-OH is 1. The van der Waals surface area contributed by atoms with Gasteiger partial charge < -0.3 is 14.4 Å². The number of imidazole rings is 1. The SMILES string of the molecule is Cc1ccc(Oc2ccc3nc(CO)n(C)c3c2)cc1. The quantitative estimate of drug-likeness (QED) is 0.793. The van der Waals surface area contributed by atoms with E-state index in [0.29, 0.717) is 5.82 Å². The Bertz CT molecular complexity index is 745. The van der Waals surface area contributed by atoms with E-state index in [1.807, 2.05) is 61.0 Å². The second kappa shape index (κ2) is 4.98. The van der Waals surface area contributed by atoms with E-state index in [1.54, 1.807) is 0 Å². The lowest BCUT2D eigenvalue weighted by atomic mass is 10.2. The van der Waals surface area contributed by atoms with Gasteiger partial charge in [0.05, 0.1) is 11.0 Å². The van der Waals surface area contributed by atoms with Crippen LogP contribution in [0, 0.1) is 6.92 Å². The van der Waals surface area contributed by atoms with Gasteiger partial charge in [-0.1, -0.05) is 17.7 Å². The molecule has 3 rings (SSSR count). The van der Waals surface area contributed by atoms with Crippen LogP contribution in [0.25, 0.3) is 11.0 Å². The van der Waals surface area contributed by atoms with Crippen LogP contribution in [-0.2, 0) is 13.7 Å². The third-order valence-electron chi connectivity index (χ3n) is 3.34. The molecule has 3 aromatic rings. The summed E-state index contributed by atoms with van der Waals surface area (Å²) in [6, 6.07) is 13.6. The molecule has 1 N–H and O–H groups in total. The molecule has 0 saturated carbocycles. The number of hydrogen-bond acceptors (Lipinski definition) is 3. The van der Waals surface area contributed by atoms with Gasteiger partial charge in [0, 0.05) is 13.1 Å². The van der Waals surface area contributed by atoms with Gasteiger partial charge in [-0.25, -0.2) is 4.98 Å². The topological polar surface area (TPSA) is 47.3 Å². The summed E-state index contributed by atoms with van der Waals surface area (Å²) in [7, 11) is 1.89. The molecule has 4 heteroatoms. The van der Waals surface area contributed by atoms with Crippen molar-refractivity contribution in [2.24, 2.45) is 7.05 Å². The van der Waals surface area contributed by atoms with Gasteiger partial charge in [-0.2, -0.15) is 0 Å². The van der Waals surface area contributed by atoms with Crippen LogP contribution in [0.1, 0.15) is 11.4 Å². The lowest BCUT2D eigenvalue weighted by Gasteiger charge is -2.06. The molecule has 0 bridgehead atoms. The minimum absolute atomic E-state index is 0.0701. The Kier molecular flexibility index (Phi) is 3.16. The van der Waals surface area contributed by atoms with Crippen LogP contribution < -0.4 is 4.74 Å². The molecular weight excluding hydrogens is 252 g/mol. The Morgan fingerprint density at radius 2 is 1.80 bits per heavy atom. The highest BCUT2D eigenvalue weighted by molar-refractivity contribution is 5.77. The van der Waals surface area contributed by atoms with Crippen LogP contribution >= 0.6 is 0 Å². The largest absolute Gasteiger partial charge is 0.457 e. The first-order valence-corrected chi connectivity index (χ1v) is 6.48. The zero-order chi connectivity index (χ0) is 14.1. The lowest BCUT2D eigenvalue weighted by Crippen LogP contribution is -1.96. The molecule has 0 aliphatic rings. The molecule has 0 saturated heterocycles. The van der Waals surface area contributed by atoms with Crippen molar-refractivity contribution in [2.45, 2.75) is 13.5 Å². The van der Waals surface area contributed by atoms with E-state index >= 15 is 0 Å². The smallest absolute Gasteiger partial charge is 0.135 e. The number of nitrogens with zero attached hydrogens (tertiary/aromatic N) is 2. The highest BCUT2D eigenvalue weighted by atomic mass is 16.5. The first-order valence-electron chi connectivity index (χ1n) is 6.48. The zero-order valence-electron chi connectivity index (χ0n) is 11.5. The Morgan fingerprint density at radius 1 is 1.10 bits per heavy atom. The van der Waals surface area contributed by atoms with Gasteiger partial charge in [0.15, 0.2) is 0 Å². The number of aliphatic hydroxyl groups is 1. The fourth-order valence-corrected chi connectivity index (χ4v) is 2.17. The fourth-order valence-electron chi connectivity index (χ4n) is 2.17. The van der Waals surface area contributed by atoms with Gasteiger partial charge in [0.2, 0.25) is 0 Å². The second-order valence-electron chi connectivity index (χ2n) is 4.81. The molecule has 20 heavy (non-hydrogen) atoms. The van der Waals surface area contributed by atoms with E-state index in [4.69, 9.17) is 4.74 Å². The molecule has 0 fully saturated rings. The van der Waals surface area contributed by atoms with Crippen LogP contribution in [0.15, 0.2) is 42.5 Å². The normalized spacial score (nSPS) is 10.9. The highest BCUT2D eigenvalue weighted by Gasteiger charge is 2.08. The van der Waals surface area contributed by atoms with E-state index in [9.17, 15) is 5.11 Å². The monoisotopic (exact) mass is 268 g/mol. The van der Waals surface area contributed by atoms with Gasteiger partial charge in [-0.05, 0) is 31.2 Å². The molecule has 0 radical (unpaired) electrons. The first kappa shape index (κ1) is 12.7. The van der Waals surface area contributed by atoms with E-state index in [0.717, 1.165) is 22.5 Å². The number of hydrogen-bond donors (Lipinski definition) is 1. The lowest BCUT2D eigenvalue weighted by molar-refractivity contribution is 0.268. The van der Waals surface area contributed by atoms with E-state index in [-0.39, 0.29) is 6.61 Å². The Morgan fingerprint density at radius 3 is 2.50 bits per heavy atom. The highest BCUT2D eigenvalue weighted by Crippen LogP contribution is 2.26. The van der Waals surface area contributed by atoms with Crippen molar-refractivity contribution in [3.05, 3.63) is 53.9 Å². The Balaban J connectivity index is 1.96. The van der Waals surface area contributed by atoms with Gasteiger partial charge in [-0.3, -0.25) is 0 Å². The molecular formula is C16H16N2O2. The van der Waals surface area contributed by atoms with Crippen molar-refractivity contribution in [1.29, 1.82) is 0 Å². The van der Waals surface area contributed by atoms with Crippen LogP contribution in [-0.4, -0.2) is 14.7 Å². The summed E-state index contributed by atoms with van der Waals surface area (Å²) in [5.74, 6) is 2.21. The van der Waals surface area contributed by atoms with E-state index in [1.165, 1.54) is 5.56 Å². The summed E-state index contributed by atoms with van der Waals surface area (Å²) in [4.78, 5) is 4.35. The van der Waals surface area contributed by atoms with Gasteiger partial charge in [0.1, 0.15) is 23.9 Å². The van der Waals surface area contributed by atoms with Crippen molar-refractivity contribution < 1.29 is 9.84 Å². The van der Waals surface area contributed by atoms with Gasteiger partial charge in [0.25, 0.3) is 0 Å². The van der Waals surface area contributed by atoms with Crippen molar-refractivity contribution in [2.75, 3.05) is 0 Å². The summed E-state index contributed by atoms with van der Waals surface area (Å²) in [6.45, 7) is 1.97. The van der Waals surface area contributed by atoms with Crippen LogP contribution in [0.5, 0.6) is 11.5 Å². The van der Waals surface area contributed by atoms with E-state index < -0.39 is 0 Å². The number of rotatable bonds is 3. The maximum atomic E-state index is 9.24. The number of ether oxygens (including phenoxy) is 1. The maximum Gasteiger partial charge on any atom is 0.135 e. The molecule has 0 atom stereocenters. The zero-order valence-corrected chi connectivity index (χ0v) is 11.5. The Labute approximate surface area is 117 Å². The van der Waals surface area contributed by atoms with Gasteiger partial charge >= 0.3 is 0 Å². The molecule has 0 unspecified atom stereocenters. The predicted molar refractivity (Wildman–Crippen MR) is 77.9 cm³/mol. The minimum atomic E-state index is -0.0701. The van der Waals surface area contributed by atoms with Crippen molar-refractivity contribution in [3.63, 3.8) is 0 Å². The maximum absolute atomic E-state index is 9.24. The summed E-state index contributed by atoms with van der Waals surface area (Å²) < 4.78 is 7.71. The fraction of sp³-hybridized carbons (Fsp3) is 0.188. The molecule has 0 spiro atoms. The molecule has 2 aromatic carbocycles. The second-order valence-corrected chi connectivity index (χ2v) is 4.81. The summed E-state index contributed by atoms with van der Waals surface area (Å²) in [5, 5.41) is 9.24. The summed E-state index contributed by atoms with van der Waals surface area (Å²) >= 11 is 0. The van der Waals surface area contributed by atoms with Crippen LogP contribution in [0.2, 0.25) is 0 Å². The van der Waals surface area contributed by atoms with Gasteiger partial charge in [-0.15, -0.1) is 0 Å². The summed E-state index contributed by atoms with van der Waals surface area (Å²) in [6.07, 6.45) is 0. The van der Waals surface area contributed by atoms with Crippen molar-refractivity contribution in [3.8, 4) is 11.5 Å². The standard InChI is InChI=1S/C16H16N2O2/c1-11-3-5-12(6-4-11)20-13-7-8-14-15(9-13)18(2)16(10-19)17-14/h3-9,19H,10H2,1-2H3. The number of aryl methyl sites for hydroxylation is 2. The van der Waals surface area contributed by atoms with Crippen molar-refractivity contribution >= 4 is 11.0 Å². The van der Waals surface area contributed by atoms with Crippen molar-refractivity contribution in [1.82, 2.24) is 9.55 Å².